The molecule has 2 unspecified atom stereocenters. The minimum atomic E-state index is -3.20. The fourth-order valence-electron chi connectivity index (χ4n) is 4.76. The molecule has 1 amide bonds. The van der Waals surface area contributed by atoms with E-state index in [1.54, 1.807) is 23.1 Å². The number of carbonyl (C=O) groups excluding carboxylic acids is 1. The second-order valence-corrected chi connectivity index (χ2v) is 10.7. The van der Waals surface area contributed by atoms with Gasteiger partial charge in [0, 0.05) is 18.3 Å². The van der Waals surface area contributed by atoms with Crippen LogP contribution in [-0.2, 0) is 14.6 Å². The maximum absolute atomic E-state index is 13.1. The van der Waals surface area contributed by atoms with Gasteiger partial charge in [-0.1, -0.05) is 23.3 Å². The van der Waals surface area contributed by atoms with Crippen LogP contribution in [0.1, 0.15) is 32.1 Å². The molecule has 0 N–H and O–H groups in total. The van der Waals surface area contributed by atoms with Crippen LogP contribution >= 0.6 is 11.6 Å². The van der Waals surface area contributed by atoms with Gasteiger partial charge in [0.1, 0.15) is 5.75 Å². The van der Waals surface area contributed by atoms with E-state index in [9.17, 15) is 13.2 Å². The number of allylic oxidation sites excluding steroid dienone is 1. The lowest BCUT2D eigenvalue weighted by Gasteiger charge is -2.43. The molecule has 0 radical (unpaired) electrons. The Kier molecular flexibility index (Phi) is 5.91. The fraction of sp³-hybridized carbons (Fsp3) is 0.571. The molecule has 158 valence electrons. The summed E-state index contributed by atoms with van der Waals surface area (Å²) < 4.78 is 30.2. The Morgan fingerprint density at radius 3 is 2.69 bits per heavy atom. The number of amides is 1. The first-order valence-electron chi connectivity index (χ1n) is 10.2. The average Bonchev–Trinajstić information content (AvgIpc) is 3.01. The van der Waals surface area contributed by atoms with Crippen LogP contribution in [0, 0.1) is 0 Å². The third kappa shape index (κ3) is 4.32. The number of methoxy groups -OCH3 is 1. The van der Waals surface area contributed by atoms with E-state index in [2.05, 4.69) is 11.0 Å². The van der Waals surface area contributed by atoms with Gasteiger partial charge in [-0.05, 0) is 50.3 Å². The normalized spacial score (nSPS) is 26.9. The van der Waals surface area contributed by atoms with Gasteiger partial charge in [-0.2, -0.15) is 0 Å². The Morgan fingerprint density at radius 1 is 1.21 bits per heavy atom. The molecule has 0 aromatic heterocycles. The Labute approximate surface area is 177 Å². The lowest BCUT2D eigenvalue weighted by molar-refractivity contribution is -0.123. The van der Waals surface area contributed by atoms with Crippen molar-refractivity contribution in [3.8, 4) is 5.75 Å². The molecule has 2 saturated heterocycles. The number of fused-ring (bicyclic) bond motifs is 1. The van der Waals surface area contributed by atoms with E-state index in [1.165, 1.54) is 25.5 Å². The van der Waals surface area contributed by atoms with E-state index in [-0.39, 0.29) is 36.0 Å². The monoisotopic (exact) mass is 438 g/mol. The topological polar surface area (TPSA) is 66.9 Å². The van der Waals surface area contributed by atoms with Crippen LogP contribution in [0.15, 0.2) is 29.8 Å². The summed E-state index contributed by atoms with van der Waals surface area (Å²) in [5, 5.41) is 0.405. The fourth-order valence-corrected chi connectivity index (χ4v) is 7.00. The summed E-state index contributed by atoms with van der Waals surface area (Å²) in [6, 6.07) is 4.61. The van der Waals surface area contributed by atoms with Gasteiger partial charge in [-0.25, -0.2) is 8.42 Å². The Balaban J connectivity index is 1.58. The maximum atomic E-state index is 13.1. The Bertz CT molecular complexity index is 931. The Morgan fingerprint density at radius 2 is 2.00 bits per heavy atom. The van der Waals surface area contributed by atoms with Gasteiger partial charge in [0.25, 0.3) is 0 Å². The highest BCUT2D eigenvalue weighted by Crippen LogP contribution is 2.35. The number of sulfone groups is 1. The first kappa shape index (κ1) is 20.7. The van der Waals surface area contributed by atoms with Crippen molar-refractivity contribution in [1.82, 2.24) is 4.90 Å². The molecule has 2 heterocycles. The lowest BCUT2D eigenvalue weighted by atomic mass is 9.96. The number of benzene rings is 1. The summed E-state index contributed by atoms with van der Waals surface area (Å²) >= 11 is 6.26. The van der Waals surface area contributed by atoms with Gasteiger partial charge < -0.3 is 9.64 Å². The molecule has 3 aliphatic rings. The summed E-state index contributed by atoms with van der Waals surface area (Å²) in [6.45, 7) is 0.957. The summed E-state index contributed by atoms with van der Waals surface area (Å²) in [5.74, 6) is 0.538. The van der Waals surface area contributed by atoms with Crippen LogP contribution in [0.25, 0.3) is 0 Å². The predicted molar refractivity (Wildman–Crippen MR) is 114 cm³/mol. The predicted octanol–water partition coefficient (Wildman–Crippen LogP) is 3.05. The molecule has 2 fully saturated rings. The van der Waals surface area contributed by atoms with Crippen LogP contribution in [0.3, 0.4) is 0 Å². The first-order valence-corrected chi connectivity index (χ1v) is 12.4. The zero-order chi connectivity index (χ0) is 20.6. The molecule has 1 aliphatic carbocycles. The first-order chi connectivity index (χ1) is 13.9. The number of piperazine rings is 1. The number of halogens is 1. The Hall–Kier alpha value is -1.57. The lowest BCUT2D eigenvalue weighted by Crippen LogP contribution is -2.62. The van der Waals surface area contributed by atoms with Gasteiger partial charge >= 0.3 is 0 Å². The van der Waals surface area contributed by atoms with Gasteiger partial charge in [0.15, 0.2) is 9.84 Å². The highest BCUT2D eigenvalue weighted by atomic mass is 35.5. The molecule has 6 nitrogen and oxygen atoms in total. The zero-order valence-electron chi connectivity index (χ0n) is 16.6. The van der Waals surface area contributed by atoms with Crippen LogP contribution < -0.4 is 9.64 Å². The third-order valence-corrected chi connectivity index (χ3v) is 8.21. The van der Waals surface area contributed by atoms with Crippen LogP contribution in [-0.4, -0.2) is 63.0 Å². The zero-order valence-corrected chi connectivity index (χ0v) is 18.2. The van der Waals surface area contributed by atoms with E-state index in [1.807, 2.05) is 0 Å². The smallest absolute Gasteiger partial charge is 0.241 e. The molecule has 2 aliphatic heterocycles. The van der Waals surface area contributed by atoms with Gasteiger partial charge in [0.05, 0.1) is 36.2 Å². The van der Waals surface area contributed by atoms with Crippen LogP contribution in [0.4, 0.5) is 5.69 Å². The number of ether oxygens (including phenoxy) is 1. The van der Waals surface area contributed by atoms with Crippen molar-refractivity contribution in [3.05, 3.63) is 34.9 Å². The number of hydrogen-bond donors (Lipinski definition) is 0. The molecule has 4 rings (SSSR count). The SMILES string of the molecule is COc1ccc(N2C(=O)CN(CCC3=CCCCC3)C3CS(=O)(=O)CC32)cc1Cl. The van der Waals surface area contributed by atoms with Crippen molar-refractivity contribution >= 4 is 33.0 Å². The second-order valence-electron chi connectivity index (χ2n) is 8.12. The standard InChI is InChI=1S/C21H27ClN2O4S/c1-28-20-8-7-16(11-17(20)22)24-19-14-29(26,27)13-18(19)23(12-21(24)25)10-9-15-5-3-2-4-6-15/h5,7-8,11,18-19H,2-4,6,9-10,12-14H2,1H3. The number of rotatable bonds is 5. The van der Waals surface area contributed by atoms with E-state index in [0.717, 1.165) is 25.8 Å². The van der Waals surface area contributed by atoms with Crippen molar-refractivity contribution in [2.24, 2.45) is 0 Å². The molecule has 1 aromatic rings. The van der Waals surface area contributed by atoms with E-state index in [4.69, 9.17) is 16.3 Å². The van der Waals surface area contributed by atoms with E-state index in [0.29, 0.717) is 16.5 Å². The summed E-state index contributed by atoms with van der Waals surface area (Å²) in [6.07, 6.45) is 7.92. The number of nitrogens with zero attached hydrogens (tertiary/aromatic N) is 2. The minimum Gasteiger partial charge on any atom is -0.495 e. The van der Waals surface area contributed by atoms with Crippen LogP contribution in [0.5, 0.6) is 5.75 Å². The van der Waals surface area contributed by atoms with E-state index >= 15 is 0 Å². The summed E-state index contributed by atoms with van der Waals surface area (Å²) in [4.78, 5) is 16.8. The molecule has 1 aromatic carbocycles. The molecule has 0 spiro atoms. The molecule has 8 heteroatoms. The quantitative estimate of drug-likeness (QED) is 0.661. The summed E-state index contributed by atoms with van der Waals surface area (Å²) in [5.41, 5.74) is 2.06. The van der Waals surface area contributed by atoms with Crippen molar-refractivity contribution in [3.63, 3.8) is 0 Å². The molecule has 0 saturated carbocycles. The second kappa shape index (κ2) is 8.28. The molecular formula is C21H27ClN2O4S. The third-order valence-electron chi connectivity index (χ3n) is 6.22. The maximum Gasteiger partial charge on any atom is 0.241 e. The van der Waals surface area contributed by atoms with Crippen molar-refractivity contribution < 1.29 is 17.9 Å². The minimum absolute atomic E-state index is 0.00769. The summed E-state index contributed by atoms with van der Waals surface area (Å²) in [7, 11) is -1.67. The van der Waals surface area contributed by atoms with E-state index < -0.39 is 9.84 Å². The molecule has 29 heavy (non-hydrogen) atoms. The van der Waals surface area contributed by atoms with Crippen molar-refractivity contribution in [2.45, 2.75) is 44.2 Å². The molecule has 2 atom stereocenters. The molecular weight excluding hydrogens is 412 g/mol. The number of hydrogen-bond acceptors (Lipinski definition) is 5. The average molecular weight is 439 g/mol. The number of carbonyl (C=O) groups is 1. The molecule has 0 bridgehead atoms. The van der Waals surface area contributed by atoms with Gasteiger partial charge in [-0.3, -0.25) is 9.69 Å². The van der Waals surface area contributed by atoms with Crippen molar-refractivity contribution in [1.29, 1.82) is 0 Å². The number of anilines is 1. The highest BCUT2D eigenvalue weighted by Gasteiger charge is 2.49. The largest absolute Gasteiger partial charge is 0.495 e. The van der Waals surface area contributed by atoms with Gasteiger partial charge in [0.2, 0.25) is 5.91 Å². The van der Waals surface area contributed by atoms with Crippen LogP contribution in [0.2, 0.25) is 5.02 Å². The highest BCUT2D eigenvalue weighted by molar-refractivity contribution is 7.91. The van der Waals surface area contributed by atoms with Crippen molar-refractivity contribution in [2.75, 3.05) is 36.6 Å². The van der Waals surface area contributed by atoms with Gasteiger partial charge in [-0.15, -0.1) is 0 Å².